The summed E-state index contributed by atoms with van der Waals surface area (Å²) in [6.45, 7) is 2.60. The summed E-state index contributed by atoms with van der Waals surface area (Å²) in [6, 6.07) is 6.96. The maximum atomic E-state index is 13.9. The molecule has 4 aromatic rings. The van der Waals surface area contributed by atoms with Crippen molar-refractivity contribution in [1.29, 1.82) is 0 Å². The van der Waals surface area contributed by atoms with Crippen LogP contribution in [0.2, 0.25) is 0 Å². The van der Waals surface area contributed by atoms with E-state index in [0.717, 1.165) is 18.6 Å². The molecule has 3 heterocycles. The number of benzene rings is 1. The van der Waals surface area contributed by atoms with E-state index < -0.39 is 11.6 Å². The second-order valence-electron chi connectivity index (χ2n) is 7.01. The molecule has 0 fully saturated rings. The van der Waals surface area contributed by atoms with E-state index in [-0.39, 0.29) is 54.3 Å². The molecule has 8 nitrogen and oxygen atoms in total. The fraction of sp³-hybridized carbons (Fsp3) is 0.273. The lowest BCUT2D eigenvalue weighted by molar-refractivity contribution is -0.132. The average molecular weight is 442 g/mol. The fourth-order valence-corrected chi connectivity index (χ4v) is 3.19. The highest BCUT2D eigenvalue weighted by molar-refractivity contribution is 5.76. The number of aryl methyl sites for hydroxylation is 1. The lowest BCUT2D eigenvalue weighted by Crippen LogP contribution is -2.31. The van der Waals surface area contributed by atoms with E-state index in [9.17, 15) is 13.6 Å². The quantitative estimate of drug-likeness (QED) is 0.373. The number of aromatic nitrogens is 3. The second kappa shape index (κ2) is 9.54. The molecular formula is C22H20F2N4O4. The summed E-state index contributed by atoms with van der Waals surface area (Å²) in [5, 5.41) is 7.91. The van der Waals surface area contributed by atoms with Crippen LogP contribution in [-0.2, 0) is 17.8 Å². The van der Waals surface area contributed by atoms with Gasteiger partial charge < -0.3 is 18.2 Å². The Morgan fingerprint density at radius 3 is 2.56 bits per heavy atom. The minimum Gasteiger partial charge on any atom is -0.459 e. The molecule has 32 heavy (non-hydrogen) atoms. The Kier molecular flexibility index (Phi) is 6.39. The Balaban J connectivity index is 1.39. The summed E-state index contributed by atoms with van der Waals surface area (Å²) in [6.07, 6.45) is 3.76. The van der Waals surface area contributed by atoms with Gasteiger partial charge in [0.25, 0.3) is 5.89 Å². The Labute approximate surface area is 181 Å². The first-order chi connectivity index (χ1) is 15.5. The highest BCUT2D eigenvalue weighted by atomic mass is 19.1. The summed E-state index contributed by atoms with van der Waals surface area (Å²) in [7, 11) is 0. The van der Waals surface area contributed by atoms with Crippen LogP contribution in [0.5, 0.6) is 0 Å². The number of halogens is 2. The molecule has 1 aromatic carbocycles. The highest BCUT2D eigenvalue weighted by Gasteiger charge is 2.20. The van der Waals surface area contributed by atoms with Crippen molar-refractivity contribution in [1.82, 2.24) is 20.1 Å². The fourth-order valence-electron chi connectivity index (χ4n) is 3.19. The lowest BCUT2D eigenvalue weighted by Gasteiger charge is -2.19. The molecule has 4 rings (SSSR count). The molecule has 0 unspecified atom stereocenters. The van der Waals surface area contributed by atoms with Gasteiger partial charge in [0.15, 0.2) is 17.4 Å². The van der Waals surface area contributed by atoms with Crippen molar-refractivity contribution >= 4 is 5.91 Å². The first kappa shape index (κ1) is 21.4. The summed E-state index contributed by atoms with van der Waals surface area (Å²) < 4.78 is 44.1. The zero-order chi connectivity index (χ0) is 22.5. The molecular weight excluding hydrogens is 422 g/mol. The third-order valence-electron chi connectivity index (χ3n) is 4.69. The molecule has 0 radical (unpaired) electrons. The van der Waals surface area contributed by atoms with E-state index >= 15 is 0 Å². The van der Waals surface area contributed by atoms with Gasteiger partial charge in [-0.1, -0.05) is 13.0 Å². The van der Waals surface area contributed by atoms with Crippen LogP contribution >= 0.6 is 0 Å². The number of furan rings is 1. The zero-order valence-electron chi connectivity index (χ0n) is 17.3. The maximum absolute atomic E-state index is 13.9. The second-order valence-corrected chi connectivity index (χ2v) is 7.01. The number of oxazole rings is 1. The van der Waals surface area contributed by atoms with Crippen LogP contribution in [-0.4, -0.2) is 32.5 Å². The summed E-state index contributed by atoms with van der Waals surface area (Å²) in [4.78, 5) is 18.4. The molecule has 0 aliphatic heterocycles. The number of carbonyl (C=O) groups is 1. The number of nitrogens with zero attached hydrogens (tertiary/aromatic N) is 4. The van der Waals surface area contributed by atoms with Gasteiger partial charge in [0.1, 0.15) is 11.6 Å². The van der Waals surface area contributed by atoms with Crippen LogP contribution in [0, 0.1) is 11.6 Å². The smallest absolute Gasteiger partial charge is 0.283 e. The van der Waals surface area contributed by atoms with Crippen molar-refractivity contribution < 1.29 is 26.8 Å². The van der Waals surface area contributed by atoms with Gasteiger partial charge >= 0.3 is 0 Å². The molecule has 0 saturated carbocycles. The first-order valence-electron chi connectivity index (χ1n) is 10.1. The monoisotopic (exact) mass is 442 g/mol. The molecule has 0 atom stereocenters. The predicted molar refractivity (Wildman–Crippen MR) is 108 cm³/mol. The summed E-state index contributed by atoms with van der Waals surface area (Å²) in [5.74, 6) is -0.495. The molecule has 0 aliphatic rings. The predicted octanol–water partition coefficient (Wildman–Crippen LogP) is 4.63. The van der Waals surface area contributed by atoms with Gasteiger partial charge in [-0.25, -0.2) is 13.8 Å². The van der Waals surface area contributed by atoms with Crippen LogP contribution in [0.1, 0.15) is 31.5 Å². The molecule has 0 spiro atoms. The third kappa shape index (κ3) is 4.74. The van der Waals surface area contributed by atoms with Gasteiger partial charge in [-0.2, -0.15) is 0 Å². The standard InChI is InChI=1S/C22H20F2N4O4/c1-2-10-28(13-19-26-27-22(32-19)16-7-4-11-30-16)20(29)9-8-18-25-12-17(31-18)21-14(23)5-3-6-15(21)24/h3-7,11-12H,2,8-10,13H2,1H3. The maximum Gasteiger partial charge on any atom is 0.283 e. The SMILES string of the molecule is CCCN(Cc1nnc(-c2ccco2)o1)C(=O)CCc1ncc(-c2c(F)cccc2F)o1. The molecule has 0 aliphatic carbocycles. The van der Waals surface area contributed by atoms with Crippen LogP contribution < -0.4 is 0 Å². The van der Waals surface area contributed by atoms with Gasteiger partial charge in [-0.15, -0.1) is 10.2 Å². The highest BCUT2D eigenvalue weighted by Crippen LogP contribution is 2.27. The number of carbonyl (C=O) groups excluding carboxylic acids is 1. The van der Waals surface area contributed by atoms with E-state index in [2.05, 4.69) is 15.2 Å². The summed E-state index contributed by atoms with van der Waals surface area (Å²) in [5.41, 5.74) is -0.283. The van der Waals surface area contributed by atoms with Crippen molar-refractivity contribution in [3.63, 3.8) is 0 Å². The van der Waals surface area contributed by atoms with Crippen LogP contribution in [0.15, 0.2) is 56.0 Å². The van der Waals surface area contributed by atoms with E-state index in [1.165, 1.54) is 18.5 Å². The number of rotatable bonds is 9. The van der Waals surface area contributed by atoms with Gasteiger partial charge in [-0.3, -0.25) is 4.79 Å². The molecule has 10 heteroatoms. The van der Waals surface area contributed by atoms with Gasteiger partial charge in [0.05, 0.1) is 24.6 Å². The molecule has 166 valence electrons. The largest absolute Gasteiger partial charge is 0.459 e. The molecule has 0 bridgehead atoms. The van der Waals surface area contributed by atoms with Crippen molar-refractivity contribution in [3.8, 4) is 23.0 Å². The molecule has 0 saturated heterocycles. The van der Waals surface area contributed by atoms with E-state index in [1.807, 2.05) is 6.92 Å². The Bertz CT molecular complexity index is 1170. The van der Waals surface area contributed by atoms with Crippen molar-refractivity contribution in [2.75, 3.05) is 6.54 Å². The van der Waals surface area contributed by atoms with Crippen LogP contribution in [0.3, 0.4) is 0 Å². The van der Waals surface area contributed by atoms with Crippen LogP contribution in [0.4, 0.5) is 8.78 Å². The Hall–Kier alpha value is -3.82. The summed E-state index contributed by atoms with van der Waals surface area (Å²) >= 11 is 0. The number of hydrogen-bond donors (Lipinski definition) is 0. The van der Waals surface area contributed by atoms with Gasteiger partial charge in [0, 0.05) is 19.4 Å². The zero-order valence-corrected chi connectivity index (χ0v) is 17.3. The van der Waals surface area contributed by atoms with Gasteiger partial charge in [0.2, 0.25) is 11.8 Å². The molecule has 0 N–H and O–H groups in total. The van der Waals surface area contributed by atoms with E-state index in [0.29, 0.717) is 12.3 Å². The third-order valence-corrected chi connectivity index (χ3v) is 4.69. The Morgan fingerprint density at radius 2 is 1.84 bits per heavy atom. The lowest BCUT2D eigenvalue weighted by atomic mass is 10.1. The van der Waals surface area contributed by atoms with Crippen molar-refractivity contribution in [2.45, 2.75) is 32.7 Å². The molecule has 1 amide bonds. The Morgan fingerprint density at radius 1 is 1.03 bits per heavy atom. The minimum atomic E-state index is -0.744. The van der Waals surface area contributed by atoms with E-state index in [1.54, 1.807) is 17.0 Å². The van der Waals surface area contributed by atoms with Crippen LogP contribution in [0.25, 0.3) is 23.0 Å². The minimum absolute atomic E-state index is 0.0234. The topological polar surface area (TPSA) is 98.4 Å². The normalized spacial score (nSPS) is 11.1. The molecule has 3 aromatic heterocycles. The first-order valence-corrected chi connectivity index (χ1v) is 10.1. The van der Waals surface area contributed by atoms with Crippen molar-refractivity contribution in [2.24, 2.45) is 0 Å². The average Bonchev–Trinajstić information content (AvgIpc) is 3.53. The van der Waals surface area contributed by atoms with Crippen molar-refractivity contribution in [3.05, 3.63) is 66.2 Å². The number of hydrogen-bond acceptors (Lipinski definition) is 7. The number of amides is 1. The van der Waals surface area contributed by atoms with Gasteiger partial charge in [-0.05, 0) is 30.7 Å². The van der Waals surface area contributed by atoms with E-state index in [4.69, 9.17) is 13.3 Å².